The van der Waals surface area contributed by atoms with E-state index in [2.05, 4.69) is 20.5 Å². The van der Waals surface area contributed by atoms with Crippen molar-refractivity contribution in [3.05, 3.63) is 30.3 Å². The summed E-state index contributed by atoms with van der Waals surface area (Å²) >= 11 is 0. The summed E-state index contributed by atoms with van der Waals surface area (Å²) in [4.78, 5) is 4.32. The van der Waals surface area contributed by atoms with Gasteiger partial charge in [0.1, 0.15) is 0 Å². The summed E-state index contributed by atoms with van der Waals surface area (Å²) in [5.41, 5.74) is 1.02. The summed E-state index contributed by atoms with van der Waals surface area (Å²) in [7, 11) is 1.66. The third-order valence-electron chi connectivity index (χ3n) is 2.12. The number of aromatic nitrogens is 3. The van der Waals surface area contributed by atoms with Crippen LogP contribution >= 0.6 is 0 Å². The summed E-state index contributed by atoms with van der Waals surface area (Å²) < 4.78 is 4.93. The number of nitrogens with zero attached hydrogens (tertiary/aromatic N) is 2. The first-order chi connectivity index (χ1) is 7.90. The lowest BCUT2D eigenvalue weighted by molar-refractivity contribution is 0.210. The third-order valence-corrected chi connectivity index (χ3v) is 2.12. The minimum atomic E-state index is 0.593. The lowest BCUT2D eigenvalue weighted by atomic mass is 10.2. The summed E-state index contributed by atoms with van der Waals surface area (Å²) in [5, 5.41) is 10.0. The van der Waals surface area contributed by atoms with Gasteiger partial charge in [0, 0.05) is 19.2 Å². The Labute approximate surface area is 93.9 Å². The average Bonchev–Trinajstić information content (AvgIpc) is 2.79. The highest BCUT2D eigenvalue weighted by Crippen LogP contribution is 2.14. The van der Waals surface area contributed by atoms with Crippen LogP contribution in [-0.4, -0.2) is 35.4 Å². The Morgan fingerprint density at radius 1 is 1.31 bits per heavy atom. The van der Waals surface area contributed by atoms with Crippen LogP contribution in [0.1, 0.15) is 0 Å². The maximum atomic E-state index is 4.93. The van der Waals surface area contributed by atoms with Crippen molar-refractivity contribution in [3.63, 3.8) is 0 Å². The van der Waals surface area contributed by atoms with Gasteiger partial charge in [-0.1, -0.05) is 30.3 Å². The first-order valence-corrected chi connectivity index (χ1v) is 5.11. The van der Waals surface area contributed by atoms with Gasteiger partial charge in [-0.15, -0.1) is 5.10 Å². The van der Waals surface area contributed by atoms with E-state index in [1.54, 1.807) is 7.11 Å². The van der Waals surface area contributed by atoms with Crippen molar-refractivity contribution in [1.29, 1.82) is 0 Å². The van der Waals surface area contributed by atoms with Crippen molar-refractivity contribution in [2.24, 2.45) is 0 Å². The molecule has 2 N–H and O–H groups in total. The number of aromatic amines is 1. The van der Waals surface area contributed by atoms with E-state index in [0.29, 0.717) is 19.1 Å². The summed E-state index contributed by atoms with van der Waals surface area (Å²) in [6.07, 6.45) is 0. The second-order valence-corrected chi connectivity index (χ2v) is 3.29. The number of H-pyrrole nitrogens is 1. The molecule has 2 rings (SSSR count). The molecule has 5 nitrogen and oxygen atoms in total. The number of rotatable bonds is 5. The van der Waals surface area contributed by atoms with Crippen LogP contribution in [-0.2, 0) is 4.74 Å². The Morgan fingerprint density at radius 3 is 2.88 bits per heavy atom. The molecule has 84 valence electrons. The first-order valence-electron chi connectivity index (χ1n) is 5.11. The Bertz CT molecular complexity index is 427. The Hall–Kier alpha value is -1.88. The highest BCUT2D eigenvalue weighted by molar-refractivity contribution is 5.55. The average molecular weight is 218 g/mol. The smallest absolute Gasteiger partial charge is 0.242 e. The molecule has 0 fully saturated rings. The molecule has 0 unspecified atom stereocenters. The zero-order chi connectivity index (χ0) is 11.2. The van der Waals surface area contributed by atoms with Crippen LogP contribution in [0.2, 0.25) is 0 Å². The van der Waals surface area contributed by atoms with Crippen molar-refractivity contribution in [2.45, 2.75) is 0 Å². The molecule has 0 aliphatic heterocycles. The zero-order valence-electron chi connectivity index (χ0n) is 9.10. The van der Waals surface area contributed by atoms with E-state index >= 15 is 0 Å². The van der Waals surface area contributed by atoms with Gasteiger partial charge < -0.3 is 10.1 Å². The van der Waals surface area contributed by atoms with Crippen molar-refractivity contribution < 1.29 is 4.74 Å². The molecule has 1 aromatic heterocycles. The summed E-state index contributed by atoms with van der Waals surface area (Å²) in [5.74, 6) is 1.36. The van der Waals surface area contributed by atoms with Crippen LogP contribution < -0.4 is 5.32 Å². The number of ether oxygens (including phenoxy) is 1. The molecule has 0 spiro atoms. The monoisotopic (exact) mass is 218 g/mol. The molecule has 0 atom stereocenters. The van der Waals surface area contributed by atoms with E-state index in [1.807, 2.05) is 30.3 Å². The van der Waals surface area contributed by atoms with Crippen molar-refractivity contribution in [1.82, 2.24) is 15.2 Å². The minimum Gasteiger partial charge on any atom is -0.383 e. The molecule has 1 aromatic carbocycles. The number of hydrogen-bond donors (Lipinski definition) is 2. The van der Waals surface area contributed by atoms with Gasteiger partial charge in [0.25, 0.3) is 0 Å². The van der Waals surface area contributed by atoms with Gasteiger partial charge >= 0.3 is 0 Å². The van der Waals surface area contributed by atoms with Gasteiger partial charge in [-0.2, -0.15) is 4.98 Å². The SMILES string of the molecule is COCCNc1n[nH]c(-c2ccccc2)n1. The fourth-order valence-electron chi connectivity index (χ4n) is 1.33. The second-order valence-electron chi connectivity index (χ2n) is 3.29. The maximum absolute atomic E-state index is 4.93. The lowest BCUT2D eigenvalue weighted by Gasteiger charge is -1.98. The molecule has 5 heteroatoms. The largest absolute Gasteiger partial charge is 0.383 e. The van der Waals surface area contributed by atoms with E-state index in [9.17, 15) is 0 Å². The predicted molar refractivity (Wildman–Crippen MR) is 62.2 cm³/mol. The molecule has 2 aromatic rings. The van der Waals surface area contributed by atoms with E-state index in [-0.39, 0.29) is 0 Å². The predicted octanol–water partition coefficient (Wildman–Crippen LogP) is 1.53. The molecule has 16 heavy (non-hydrogen) atoms. The molecule has 0 aliphatic carbocycles. The quantitative estimate of drug-likeness (QED) is 0.747. The van der Waals surface area contributed by atoms with Crippen LogP contribution in [0.5, 0.6) is 0 Å². The van der Waals surface area contributed by atoms with Crippen LogP contribution in [0, 0.1) is 0 Å². The first kappa shape index (κ1) is 10.6. The van der Waals surface area contributed by atoms with E-state index < -0.39 is 0 Å². The van der Waals surface area contributed by atoms with Gasteiger partial charge in [0.05, 0.1) is 6.61 Å². The Balaban J connectivity index is 2.02. The van der Waals surface area contributed by atoms with Crippen LogP contribution in [0.3, 0.4) is 0 Å². The Kier molecular flexibility index (Phi) is 3.50. The number of nitrogens with one attached hydrogen (secondary N) is 2. The molecule has 0 aliphatic rings. The molecular weight excluding hydrogens is 204 g/mol. The van der Waals surface area contributed by atoms with Gasteiger partial charge in [-0.25, -0.2) is 0 Å². The maximum Gasteiger partial charge on any atom is 0.242 e. The highest BCUT2D eigenvalue weighted by Gasteiger charge is 2.03. The number of benzene rings is 1. The molecule has 0 radical (unpaired) electrons. The molecule has 0 saturated heterocycles. The van der Waals surface area contributed by atoms with Gasteiger partial charge in [0.15, 0.2) is 5.82 Å². The van der Waals surface area contributed by atoms with Crippen molar-refractivity contribution in [2.75, 3.05) is 25.6 Å². The standard InChI is InChI=1S/C11H14N4O/c1-16-8-7-12-11-13-10(14-15-11)9-5-3-2-4-6-9/h2-6H,7-8H2,1H3,(H2,12,13,14,15). The highest BCUT2D eigenvalue weighted by atomic mass is 16.5. The zero-order valence-corrected chi connectivity index (χ0v) is 9.10. The van der Waals surface area contributed by atoms with Crippen LogP contribution in [0.4, 0.5) is 5.95 Å². The Morgan fingerprint density at radius 2 is 2.12 bits per heavy atom. The molecule has 0 bridgehead atoms. The molecule has 0 saturated carbocycles. The fourth-order valence-corrected chi connectivity index (χ4v) is 1.33. The molecular formula is C11H14N4O. The number of methoxy groups -OCH3 is 1. The number of anilines is 1. The van der Waals surface area contributed by atoms with Crippen molar-refractivity contribution in [3.8, 4) is 11.4 Å². The second kappa shape index (κ2) is 5.27. The third kappa shape index (κ3) is 2.58. The van der Waals surface area contributed by atoms with Gasteiger partial charge in [-0.05, 0) is 0 Å². The number of hydrogen-bond acceptors (Lipinski definition) is 4. The normalized spacial score (nSPS) is 10.3. The van der Waals surface area contributed by atoms with Crippen LogP contribution in [0.15, 0.2) is 30.3 Å². The van der Waals surface area contributed by atoms with Gasteiger partial charge in [0.2, 0.25) is 5.95 Å². The topological polar surface area (TPSA) is 62.8 Å². The fraction of sp³-hybridized carbons (Fsp3) is 0.273. The van der Waals surface area contributed by atoms with Crippen molar-refractivity contribution >= 4 is 5.95 Å². The molecule has 0 amide bonds. The van der Waals surface area contributed by atoms with Gasteiger partial charge in [-0.3, -0.25) is 5.10 Å². The molecule has 1 heterocycles. The minimum absolute atomic E-state index is 0.593. The van der Waals surface area contributed by atoms with E-state index in [4.69, 9.17) is 4.74 Å². The summed E-state index contributed by atoms with van der Waals surface area (Å²) in [6, 6.07) is 9.88. The van der Waals surface area contributed by atoms with E-state index in [1.165, 1.54) is 0 Å². The summed E-state index contributed by atoms with van der Waals surface area (Å²) in [6.45, 7) is 1.33. The van der Waals surface area contributed by atoms with E-state index in [0.717, 1.165) is 11.4 Å². The lowest BCUT2D eigenvalue weighted by Crippen LogP contribution is -2.08. The van der Waals surface area contributed by atoms with Crippen LogP contribution in [0.25, 0.3) is 11.4 Å².